The molecule has 1 atom stereocenters. The molecule has 0 fully saturated rings. The van der Waals surface area contributed by atoms with Crippen LogP contribution in [0.5, 0.6) is 0 Å². The van der Waals surface area contributed by atoms with Crippen LogP contribution in [0.4, 0.5) is 52.7 Å². The molecule has 0 spiro atoms. The van der Waals surface area contributed by atoms with Crippen LogP contribution in [0.1, 0.15) is 0 Å². The van der Waals surface area contributed by atoms with E-state index >= 15 is 0 Å². The van der Waals surface area contributed by atoms with Crippen LogP contribution in [-0.2, 0) is 9.53 Å². The fraction of sp³-hybridized carbons (Fsp3) is 0.833. The molecule has 0 amide bonds. The Morgan fingerprint density at radius 2 is 1.05 bits per heavy atom. The zero-order chi connectivity index (χ0) is 16.8. The van der Waals surface area contributed by atoms with Crippen LogP contribution in [0.15, 0.2) is 0 Å². The SMILES string of the molecule is O=C(F)[C@@](F)(OC(F)(F)C(F)(F)C(F)(F)F)C(F)(F)F. The largest absolute Gasteiger partial charge is 0.462 e. The van der Waals surface area contributed by atoms with Crippen molar-refractivity contribution in [1.29, 1.82) is 0 Å². The first kappa shape index (κ1) is 18.8. The minimum Gasteiger partial charge on any atom is -0.261 e. The number of carbonyl (C=O) groups is 1. The van der Waals surface area contributed by atoms with Gasteiger partial charge in [0.25, 0.3) is 0 Å². The third kappa shape index (κ3) is 2.93. The highest BCUT2D eigenvalue weighted by molar-refractivity contribution is 5.77. The predicted molar refractivity (Wildman–Crippen MR) is 33.0 cm³/mol. The third-order valence-electron chi connectivity index (χ3n) is 1.61. The van der Waals surface area contributed by atoms with Crippen LogP contribution in [0, 0.1) is 0 Å². The topological polar surface area (TPSA) is 26.3 Å². The minimum atomic E-state index is -7.32. The van der Waals surface area contributed by atoms with Gasteiger partial charge in [-0.2, -0.15) is 52.7 Å². The van der Waals surface area contributed by atoms with Crippen LogP contribution in [0.25, 0.3) is 0 Å². The summed E-state index contributed by atoms with van der Waals surface area (Å²) in [6.45, 7) is 0. The lowest BCUT2D eigenvalue weighted by molar-refractivity contribution is -0.473. The number of hydrogen-bond acceptors (Lipinski definition) is 2. The average Bonchev–Trinajstić information content (AvgIpc) is 2.12. The second-order valence-electron chi connectivity index (χ2n) is 3.06. The average molecular weight is 332 g/mol. The number of hydrogen-bond donors (Lipinski definition) is 0. The van der Waals surface area contributed by atoms with E-state index in [-0.39, 0.29) is 0 Å². The van der Waals surface area contributed by atoms with Crippen molar-refractivity contribution in [3.8, 4) is 0 Å². The van der Waals surface area contributed by atoms with Gasteiger partial charge in [-0.3, -0.25) is 9.53 Å². The van der Waals surface area contributed by atoms with E-state index in [4.69, 9.17) is 0 Å². The zero-order valence-corrected chi connectivity index (χ0v) is 8.35. The first-order chi connectivity index (χ1) is 8.40. The number of carbonyl (C=O) groups excluding carboxylic acids is 1. The highest BCUT2D eigenvalue weighted by atomic mass is 19.4. The third-order valence-corrected chi connectivity index (χ3v) is 1.61. The van der Waals surface area contributed by atoms with E-state index in [9.17, 15) is 57.5 Å². The second kappa shape index (κ2) is 4.66. The summed E-state index contributed by atoms with van der Waals surface area (Å²) in [5.41, 5.74) is 0. The summed E-state index contributed by atoms with van der Waals surface area (Å²) in [7, 11) is 0. The Morgan fingerprint density at radius 3 is 1.25 bits per heavy atom. The normalized spacial score (nSPS) is 17.8. The number of ether oxygens (including phenoxy) is 1. The van der Waals surface area contributed by atoms with Gasteiger partial charge in [0, 0.05) is 0 Å². The van der Waals surface area contributed by atoms with Gasteiger partial charge >= 0.3 is 36.3 Å². The molecule has 0 rings (SSSR count). The molecule has 0 aliphatic rings. The molecule has 0 bridgehead atoms. The van der Waals surface area contributed by atoms with Crippen LogP contribution in [-0.4, -0.2) is 36.3 Å². The highest BCUT2D eigenvalue weighted by Crippen LogP contribution is 2.51. The highest BCUT2D eigenvalue weighted by Gasteiger charge is 2.79. The summed E-state index contributed by atoms with van der Waals surface area (Å²) in [4.78, 5) is 9.62. The maximum Gasteiger partial charge on any atom is 0.462 e. The number of rotatable bonds is 4. The van der Waals surface area contributed by atoms with E-state index in [2.05, 4.69) is 0 Å². The van der Waals surface area contributed by atoms with Crippen molar-refractivity contribution in [3.05, 3.63) is 0 Å². The molecular formula is C6F12O2. The van der Waals surface area contributed by atoms with Gasteiger partial charge in [-0.15, -0.1) is 0 Å². The van der Waals surface area contributed by atoms with Gasteiger partial charge < -0.3 is 0 Å². The van der Waals surface area contributed by atoms with Gasteiger partial charge in [0.15, 0.2) is 0 Å². The maximum absolute atomic E-state index is 12.6. The van der Waals surface area contributed by atoms with Gasteiger partial charge in [0.05, 0.1) is 0 Å². The van der Waals surface area contributed by atoms with Gasteiger partial charge in [0.1, 0.15) is 0 Å². The Kier molecular flexibility index (Phi) is 4.38. The van der Waals surface area contributed by atoms with Gasteiger partial charge in [-0.05, 0) is 0 Å². The Hall–Kier alpha value is -1.21. The van der Waals surface area contributed by atoms with Crippen LogP contribution < -0.4 is 0 Å². The van der Waals surface area contributed by atoms with Crippen LogP contribution in [0.2, 0.25) is 0 Å². The Balaban J connectivity index is 5.73. The zero-order valence-electron chi connectivity index (χ0n) is 8.35. The van der Waals surface area contributed by atoms with Crippen molar-refractivity contribution < 1.29 is 62.2 Å². The van der Waals surface area contributed by atoms with Crippen molar-refractivity contribution in [3.63, 3.8) is 0 Å². The molecule has 0 saturated carbocycles. The summed E-state index contributed by atoms with van der Waals surface area (Å²) < 4.78 is 145. The molecule has 14 heteroatoms. The Bertz CT molecular complexity index is 380. The molecule has 0 radical (unpaired) electrons. The minimum absolute atomic E-state index is 1.52. The summed E-state index contributed by atoms with van der Waals surface area (Å²) >= 11 is 0. The van der Waals surface area contributed by atoms with Gasteiger partial charge in [-0.1, -0.05) is 0 Å². The number of alkyl halides is 11. The Morgan fingerprint density at radius 1 is 0.700 bits per heavy atom. The summed E-state index contributed by atoms with van der Waals surface area (Å²) in [6, 6.07) is -4.39. The van der Waals surface area contributed by atoms with Crippen molar-refractivity contribution in [2.45, 2.75) is 30.2 Å². The fourth-order valence-corrected chi connectivity index (χ4v) is 0.615. The smallest absolute Gasteiger partial charge is 0.261 e. The summed E-state index contributed by atoms with van der Waals surface area (Å²) in [5, 5.41) is 0. The first-order valence-electron chi connectivity index (χ1n) is 3.88. The van der Waals surface area contributed by atoms with E-state index in [1.54, 1.807) is 0 Å². The first-order valence-corrected chi connectivity index (χ1v) is 3.88. The molecule has 0 aromatic rings. The van der Waals surface area contributed by atoms with Crippen molar-refractivity contribution >= 4 is 6.04 Å². The molecule has 0 N–H and O–H groups in total. The quantitative estimate of drug-likeness (QED) is 0.582. The lowest BCUT2D eigenvalue weighted by Crippen LogP contribution is -2.61. The molecule has 0 heterocycles. The molecule has 20 heavy (non-hydrogen) atoms. The van der Waals surface area contributed by atoms with E-state index in [0.717, 1.165) is 0 Å². The number of halogens is 12. The monoisotopic (exact) mass is 332 g/mol. The van der Waals surface area contributed by atoms with Crippen molar-refractivity contribution in [1.82, 2.24) is 0 Å². The molecule has 120 valence electrons. The molecular weight excluding hydrogens is 332 g/mol. The molecule has 0 aliphatic carbocycles. The van der Waals surface area contributed by atoms with Crippen molar-refractivity contribution in [2.24, 2.45) is 0 Å². The Labute approximate surface area is 99.8 Å². The molecule has 0 aromatic heterocycles. The van der Waals surface area contributed by atoms with Crippen molar-refractivity contribution in [2.75, 3.05) is 0 Å². The van der Waals surface area contributed by atoms with Crippen LogP contribution in [0.3, 0.4) is 0 Å². The van der Waals surface area contributed by atoms with E-state index in [1.165, 1.54) is 4.74 Å². The lowest BCUT2D eigenvalue weighted by Gasteiger charge is -2.32. The fourth-order valence-electron chi connectivity index (χ4n) is 0.615. The lowest BCUT2D eigenvalue weighted by atomic mass is 10.2. The van der Waals surface area contributed by atoms with Gasteiger partial charge in [0.2, 0.25) is 0 Å². The maximum atomic E-state index is 12.6. The standard InChI is InChI=1S/C6F12O2/c7-1(19)2(8,4(11,12)13)20-6(17,18)3(9,10)5(14,15)16/t2-/m1/s1. The summed E-state index contributed by atoms with van der Waals surface area (Å²) in [5.74, 6) is -14.0. The second-order valence-corrected chi connectivity index (χ2v) is 3.06. The molecule has 2 nitrogen and oxygen atoms in total. The predicted octanol–water partition coefficient (Wildman–Crippen LogP) is 3.52. The molecule has 0 saturated heterocycles. The van der Waals surface area contributed by atoms with Crippen LogP contribution >= 0.6 is 0 Å². The van der Waals surface area contributed by atoms with E-state index < -0.39 is 36.3 Å². The molecule has 0 aromatic carbocycles. The van der Waals surface area contributed by atoms with E-state index in [0.29, 0.717) is 0 Å². The summed E-state index contributed by atoms with van der Waals surface area (Å²) in [6.07, 6.45) is -21.3. The van der Waals surface area contributed by atoms with Gasteiger partial charge in [-0.25, -0.2) is 0 Å². The molecule has 0 aliphatic heterocycles. The van der Waals surface area contributed by atoms with E-state index in [1.807, 2.05) is 0 Å². The molecule has 0 unspecified atom stereocenters.